The molecule has 5 unspecified atom stereocenters. The number of carbonyl (C=O) groups is 16. The molecule has 38 nitrogen and oxygen atoms in total. The van der Waals surface area contributed by atoms with Gasteiger partial charge in [0.25, 0.3) is 0 Å². The first-order valence-electron chi connectivity index (χ1n) is 29.1. The average Bonchev–Trinajstić information content (AvgIpc) is 2.47. The molecule has 538 valence electrons. The number of alkyl carbamates (subject to hydrolysis) is 1. The van der Waals surface area contributed by atoms with E-state index in [2.05, 4.69) is 59.2 Å². The lowest BCUT2D eigenvalue weighted by Crippen LogP contribution is -2.47. The predicted molar refractivity (Wildman–Crippen MR) is 324 cm³/mol. The van der Waals surface area contributed by atoms with E-state index in [4.69, 9.17) is 25.7 Å². The van der Waals surface area contributed by atoms with Crippen molar-refractivity contribution in [2.24, 2.45) is 11.5 Å². The molecule has 5 amide bonds. The Morgan fingerprint density at radius 1 is 0.543 bits per heavy atom. The third-order valence-electron chi connectivity index (χ3n) is 12.7. The van der Waals surface area contributed by atoms with Gasteiger partial charge in [-0.2, -0.15) is 0 Å². The van der Waals surface area contributed by atoms with Crippen molar-refractivity contribution in [3.05, 3.63) is 0 Å². The molecule has 2 aliphatic heterocycles. The molecule has 2 fully saturated rings. The lowest BCUT2D eigenvalue weighted by molar-refractivity contribution is -0.156. The highest BCUT2D eigenvalue weighted by Gasteiger charge is 2.34. The Balaban J connectivity index is -0.00000119. The van der Waals surface area contributed by atoms with Gasteiger partial charge in [-0.1, -0.05) is 6.42 Å². The van der Waals surface area contributed by atoms with Gasteiger partial charge in [0.15, 0.2) is 0 Å². The fourth-order valence-electron chi connectivity index (χ4n) is 7.66. The monoisotopic (exact) mass is 1360 g/mol. The largest absolute Gasteiger partial charge is 0.468 e. The fourth-order valence-corrected chi connectivity index (χ4v) is 7.66. The Bertz CT molecular complexity index is 2350. The van der Waals surface area contributed by atoms with E-state index in [-0.39, 0.29) is 83.0 Å². The van der Waals surface area contributed by atoms with Crippen LogP contribution in [0.3, 0.4) is 0 Å². The van der Waals surface area contributed by atoms with Gasteiger partial charge >= 0.3 is 77.8 Å². The summed E-state index contributed by atoms with van der Waals surface area (Å²) in [6.45, 7) is 3.12. The Morgan fingerprint density at radius 3 is 1.11 bits per heavy atom. The van der Waals surface area contributed by atoms with Crippen LogP contribution in [-0.4, -0.2) is 314 Å². The number of rotatable bonds is 37. The summed E-state index contributed by atoms with van der Waals surface area (Å²) in [5, 5.41) is 10.4. The summed E-state index contributed by atoms with van der Waals surface area (Å²) in [4.78, 5) is 188. The van der Waals surface area contributed by atoms with E-state index >= 15 is 0 Å². The first-order valence-corrected chi connectivity index (χ1v) is 29.1. The molecular formula is C56H97N11O27. The maximum atomic E-state index is 12.2. The van der Waals surface area contributed by atoms with Gasteiger partial charge in [0.1, 0.15) is 30.7 Å². The molecule has 0 aromatic heterocycles. The smallest absolute Gasteiger partial charge is 0.417 e. The number of cyclic esters (lactones) is 4. The summed E-state index contributed by atoms with van der Waals surface area (Å²) in [7, 11) is 15.7. The van der Waals surface area contributed by atoms with Crippen LogP contribution < -0.4 is 32.7 Å². The van der Waals surface area contributed by atoms with E-state index in [0.717, 1.165) is 6.42 Å². The van der Waals surface area contributed by atoms with Crippen molar-refractivity contribution in [2.45, 2.75) is 102 Å². The molecule has 2 saturated heterocycles. The standard InChI is InChI=1S/C19H34N4O8.C16H29N3O7.C13H24N2O6.2C4H5NO3/c1-13(20)18(27)22(2)10-15(24)21-9-7-6-8-14(19(28)31-5)23(11-16(25)29-3)12-17(26)30-4;1-17-9-13(20)18-8-6-5-7-12(16(23)26-4)19(10-14(21)24-2)11-15(22)25-3;1-19-11(16)8-15(9-12(17)20-2)10(13(18)21-3)6-4-5-7-14;1-5-2-3(6)8-4(5)7;1-2-3(6)8-4(7)5-2/h13-14H,6-12,20H2,1-5H3,(H,21,24);12,17H,5-11H2,1-4H3,(H,18,20);10H,4-9,14H2,1-3H3;2H2,1H3;2H,1H3,(H,5,7). The molecule has 2 aliphatic rings. The van der Waals surface area contributed by atoms with Gasteiger partial charge in [-0.05, 0) is 78.8 Å². The van der Waals surface area contributed by atoms with Crippen LogP contribution in [0.5, 0.6) is 0 Å². The first-order chi connectivity index (χ1) is 44.3. The number of nitrogens with two attached hydrogens (primary N) is 2. The number of nitrogens with one attached hydrogen (secondary N) is 4. The number of carbonyl (C=O) groups excluding carboxylic acids is 16. The molecule has 94 heavy (non-hydrogen) atoms. The second kappa shape index (κ2) is 52.7. The SMILES string of the molecule is CC1NC(=O)OC1=O.CN1CC(=O)OC1=O.CNCC(=O)NCCCCC(C(=O)OC)N(CC(=O)OC)CC(=O)OC.COC(=O)CN(CC(=O)OC)C(CCCCN)C(=O)OC.COC(=O)CN(CC(=O)OC)C(CCCCNC(=O)CN(C)C(=O)C(C)N)C(=O)OC. The summed E-state index contributed by atoms with van der Waals surface area (Å²) in [5.41, 5.74) is 10.9. The van der Waals surface area contributed by atoms with Crippen molar-refractivity contribution in [2.75, 3.05) is 164 Å². The van der Waals surface area contributed by atoms with Crippen molar-refractivity contribution >= 4 is 95.6 Å². The van der Waals surface area contributed by atoms with E-state index < -0.39 is 108 Å². The number of esters is 11. The van der Waals surface area contributed by atoms with Gasteiger partial charge in [0.05, 0.1) is 122 Å². The number of unbranched alkanes of at least 4 members (excludes halogenated alkanes) is 3. The molecule has 2 rings (SSSR count). The van der Waals surface area contributed by atoms with Crippen LogP contribution in [0.2, 0.25) is 0 Å². The van der Waals surface area contributed by atoms with Crippen molar-refractivity contribution in [1.29, 1.82) is 0 Å². The van der Waals surface area contributed by atoms with E-state index in [9.17, 15) is 76.7 Å². The summed E-state index contributed by atoms with van der Waals surface area (Å²) < 4.78 is 50.2. The molecule has 0 spiro atoms. The highest BCUT2D eigenvalue weighted by atomic mass is 16.6. The molecule has 0 aromatic carbocycles. The number of nitrogens with zero attached hydrogens (tertiary/aromatic N) is 5. The van der Waals surface area contributed by atoms with Crippen LogP contribution in [0.15, 0.2) is 0 Å². The third-order valence-corrected chi connectivity index (χ3v) is 12.7. The van der Waals surface area contributed by atoms with Gasteiger partial charge in [0.2, 0.25) is 17.7 Å². The first kappa shape index (κ1) is 89.5. The van der Waals surface area contributed by atoms with Crippen molar-refractivity contribution in [3.63, 3.8) is 0 Å². The topological polar surface area (TPSA) is 491 Å². The normalized spacial score (nSPS) is 13.9. The number of hydrogen-bond donors (Lipinski definition) is 6. The van der Waals surface area contributed by atoms with Gasteiger partial charge in [-0.25, -0.2) is 19.2 Å². The average molecular weight is 1360 g/mol. The zero-order valence-corrected chi connectivity index (χ0v) is 56.1. The zero-order chi connectivity index (χ0) is 72.5. The molecular weight excluding hydrogens is 1260 g/mol. The third kappa shape index (κ3) is 41.0. The second-order valence-electron chi connectivity index (χ2n) is 19.9. The number of hydrogen-bond acceptors (Lipinski definition) is 33. The Hall–Kier alpha value is -8.72. The Labute approximate surface area is 545 Å². The lowest BCUT2D eigenvalue weighted by Gasteiger charge is -2.27. The second-order valence-corrected chi connectivity index (χ2v) is 19.9. The van der Waals surface area contributed by atoms with E-state index in [0.29, 0.717) is 64.6 Å². The summed E-state index contributed by atoms with van der Waals surface area (Å²) in [6.07, 6.45) is 3.48. The van der Waals surface area contributed by atoms with Crippen LogP contribution in [0.1, 0.15) is 71.6 Å². The number of likely N-dealkylation sites (N-methyl/N-ethyl adjacent to an activating group) is 3. The molecule has 2 heterocycles. The fraction of sp³-hybridized carbons (Fsp3) is 0.714. The quantitative estimate of drug-likeness (QED) is 0.0148. The predicted octanol–water partition coefficient (Wildman–Crippen LogP) is -4.51. The minimum absolute atomic E-state index is 0.0822. The maximum Gasteiger partial charge on any atom is 0.417 e. The van der Waals surface area contributed by atoms with Crippen molar-refractivity contribution in [1.82, 2.24) is 45.8 Å². The highest BCUT2D eigenvalue weighted by Crippen LogP contribution is 2.15. The molecule has 0 radical (unpaired) electrons. The van der Waals surface area contributed by atoms with Crippen LogP contribution >= 0.6 is 0 Å². The zero-order valence-electron chi connectivity index (χ0n) is 56.1. The van der Waals surface area contributed by atoms with E-state index in [1.807, 2.05) is 0 Å². The lowest BCUT2D eigenvalue weighted by atomic mass is 10.1. The molecule has 0 bridgehead atoms. The molecule has 8 N–H and O–H groups in total. The van der Waals surface area contributed by atoms with Gasteiger partial charge < -0.3 is 89.7 Å². The number of amides is 5. The van der Waals surface area contributed by atoms with Crippen LogP contribution in [0.25, 0.3) is 0 Å². The van der Waals surface area contributed by atoms with Crippen LogP contribution in [0, 0.1) is 0 Å². The molecule has 0 aliphatic carbocycles. The van der Waals surface area contributed by atoms with Gasteiger partial charge in [0, 0.05) is 27.2 Å². The molecule has 0 saturated carbocycles. The number of ether oxygens (including phenoxy) is 11. The van der Waals surface area contributed by atoms with Crippen molar-refractivity contribution in [3.8, 4) is 0 Å². The summed E-state index contributed by atoms with van der Waals surface area (Å²) in [6, 6.07) is -3.55. The van der Waals surface area contributed by atoms with E-state index in [1.54, 1.807) is 14.0 Å². The molecule has 5 atom stereocenters. The molecule has 0 aromatic rings. The minimum atomic E-state index is -0.867. The Kier molecular flexibility index (Phi) is 50.2. The summed E-state index contributed by atoms with van der Waals surface area (Å²) >= 11 is 0. The van der Waals surface area contributed by atoms with Gasteiger partial charge in [-0.3, -0.25) is 77.1 Å². The Morgan fingerprint density at radius 2 is 0.883 bits per heavy atom. The van der Waals surface area contributed by atoms with Crippen molar-refractivity contribution < 1.29 is 129 Å². The summed E-state index contributed by atoms with van der Waals surface area (Å²) in [5.74, 6) is -6.94. The maximum absolute atomic E-state index is 12.2. The number of methoxy groups -OCH3 is 9. The van der Waals surface area contributed by atoms with Crippen LogP contribution in [-0.2, 0) is 119 Å². The van der Waals surface area contributed by atoms with Gasteiger partial charge in [-0.15, -0.1) is 0 Å². The minimum Gasteiger partial charge on any atom is -0.468 e. The van der Waals surface area contributed by atoms with E-state index in [1.165, 1.54) is 110 Å². The molecule has 38 heteroatoms. The van der Waals surface area contributed by atoms with Crippen LogP contribution in [0.4, 0.5) is 9.59 Å². The highest BCUT2D eigenvalue weighted by molar-refractivity contribution is 5.95.